The summed E-state index contributed by atoms with van der Waals surface area (Å²) < 4.78 is 5.54. The number of ether oxygens (including phenoxy) is 1. The molecule has 24 heavy (non-hydrogen) atoms. The number of hydrogen-bond acceptors (Lipinski definition) is 3. The van der Waals surface area contributed by atoms with Gasteiger partial charge < -0.3 is 9.64 Å². The van der Waals surface area contributed by atoms with E-state index in [1.165, 1.54) is 18.4 Å². The summed E-state index contributed by atoms with van der Waals surface area (Å²) in [6, 6.07) is 15.8. The van der Waals surface area contributed by atoms with Gasteiger partial charge >= 0.3 is 5.97 Å². The minimum Gasteiger partial charge on any atom is -0.457 e. The molecule has 0 atom stereocenters. The Morgan fingerprint density at radius 1 is 1.12 bits per heavy atom. The first-order valence-corrected chi connectivity index (χ1v) is 8.70. The highest BCUT2D eigenvalue weighted by Gasteiger charge is 2.22. The van der Waals surface area contributed by atoms with Crippen LogP contribution in [0.5, 0.6) is 0 Å². The fourth-order valence-corrected chi connectivity index (χ4v) is 3.13. The highest BCUT2D eigenvalue weighted by Crippen LogP contribution is 2.28. The third kappa shape index (κ3) is 3.97. The fourth-order valence-electron chi connectivity index (χ4n) is 3.13. The Balaban J connectivity index is 1.75. The zero-order valence-corrected chi connectivity index (χ0v) is 14.5. The van der Waals surface area contributed by atoms with Gasteiger partial charge in [-0.15, -0.1) is 0 Å². The second kappa shape index (κ2) is 7.52. The Morgan fingerprint density at radius 2 is 1.83 bits per heavy atom. The molecule has 1 fully saturated rings. The van der Waals surface area contributed by atoms with Crippen molar-refractivity contribution in [1.29, 1.82) is 0 Å². The van der Waals surface area contributed by atoms with Crippen LogP contribution in [0.15, 0.2) is 48.5 Å². The predicted molar refractivity (Wildman–Crippen MR) is 97.4 cm³/mol. The molecule has 1 aliphatic heterocycles. The summed E-state index contributed by atoms with van der Waals surface area (Å²) in [5.41, 5.74) is 3.86. The summed E-state index contributed by atoms with van der Waals surface area (Å²) in [5.74, 6) is 0.520. The SMILES string of the molecule is Cc1ccc(C(=O)OCc2ccccc2)c(N2CCC(C)CC2)c1. The smallest absolute Gasteiger partial charge is 0.340 e. The molecule has 126 valence electrons. The standard InChI is InChI=1S/C21H25NO2/c1-16-10-12-22(13-11-16)20-14-17(2)8-9-19(20)21(23)24-15-18-6-4-3-5-7-18/h3-9,14,16H,10-13,15H2,1-2H3. The minimum atomic E-state index is -0.243. The first-order valence-electron chi connectivity index (χ1n) is 8.70. The predicted octanol–water partition coefficient (Wildman–Crippen LogP) is 4.59. The molecule has 0 bridgehead atoms. The maximum absolute atomic E-state index is 12.6. The molecule has 3 rings (SSSR count). The Labute approximate surface area is 144 Å². The van der Waals surface area contributed by atoms with Crippen LogP contribution in [-0.4, -0.2) is 19.1 Å². The van der Waals surface area contributed by atoms with E-state index < -0.39 is 0 Å². The van der Waals surface area contributed by atoms with Gasteiger partial charge in [-0.2, -0.15) is 0 Å². The van der Waals surface area contributed by atoms with Gasteiger partial charge in [0.1, 0.15) is 6.61 Å². The largest absolute Gasteiger partial charge is 0.457 e. The van der Waals surface area contributed by atoms with Gasteiger partial charge in [0.05, 0.1) is 11.3 Å². The van der Waals surface area contributed by atoms with E-state index in [-0.39, 0.29) is 5.97 Å². The van der Waals surface area contributed by atoms with Crippen molar-refractivity contribution in [3.8, 4) is 0 Å². The number of rotatable bonds is 4. The van der Waals surface area contributed by atoms with Crippen LogP contribution in [0.1, 0.15) is 41.3 Å². The van der Waals surface area contributed by atoms with Crippen LogP contribution in [0.25, 0.3) is 0 Å². The molecule has 1 aliphatic rings. The van der Waals surface area contributed by atoms with Crippen molar-refractivity contribution in [3.63, 3.8) is 0 Å². The van der Waals surface area contributed by atoms with Gasteiger partial charge in [-0.25, -0.2) is 4.79 Å². The summed E-state index contributed by atoms with van der Waals surface area (Å²) in [6.45, 7) is 6.68. The van der Waals surface area contributed by atoms with Crippen molar-refractivity contribution >= 4 is 11.7 Å². The number of benzene rings is 2. The van der Waals surface area contributed by atoms with Gasteiger partial charge in [0.2, 0.25) is 0 Å². The topological polar surface area (TPSA) is 29.5 Å². The number of nitrogens with zero attached hydrogens (tertiary/aromatic N) is 1. The lowest BCUT2D eigenvalue weighted by atomic mass is 9.97. The number of anilines is 1. The third-order valence-electron chi connectivity index (χ3n) is 4.71. The van der Waals surface area contributed by atoms with Gasteiger partial charge in [-0.05, 0) is 48.9 Å². The molecule has 0 aliphatic carbocycles. The molecule has 2 aromatic rings. The Morgan fingerprint density at radius 3 is 2.54 bits per heavy atom. The zero-order valence-electron chi connectivity index (χ0n) is 14.5. The molecule has 0 amide bonds. The van der Waals surface area contributed by atoms with Crippen molar-refractivity contribution < 1.29 is 9.53 Å². The first kappa shape index (κ1) is 16.6. The second-order valence-corrected chi connectivity index (χ2v) is 6.75. The van der Waals surface area contributed by atoms with Crippen LogP contribution < -0.4 is 4.90 Å². The van der Waals surface area contributed by atoms with Crippen molar-refractivity contribution in [3.05, 3.63) is 65.2 Å². The Kier molecular flexibility index (Phi) is 5.19. The van der Waals surface area contributed by atoms with Gasteiger partial charge in [0.25, 0.3) is 0 Å². The lowest BCUT2D eigenvalue weighted by molar-refractivity contribution is 0.0473. The van der Waals surface area contributed by atoms with E-state index in [1.807, 2.05) is 42.5 Å². The van der Waals surface area contributed by atoms with E-state index in [4.69, 9.17) is 4.74 Å². The Hall–Kier alpha value is -2.29. The number of aryl methyl sites for hydroxylation is 1. The van der Waals surface area contributed by atoms with E-state index in [0.717, 1.165) is 30.3 Å². The van der Waals surface area contributed by atoms with Crippen molar-refractivity contribution in [2.45, 2.75) is 33.3 Å². The van der Waals surface area contributed by atoms with Gasteiger partial charge in [-0.3, -0.25) is 0 Å². The zero-order chi connectivity index (χ0) is 16.9. The van der Waals surface area contributed by atoms with E-state index in [0.29, 0.717) is 12.2 Å². The molecule has 0 saturated carbocycles. The average molecular weight is 323 g/mol. The molecule has 1 heterocycles. The van der Waals surface area contributed by atoms with E-state index in [9.17, 15) is 4.79 Å². The molecule has 3 nitrogen and oxygen atoms in total. The second-order valence-electron chi connectivity index (χ2n) is 6.75. The van der Waals surface area contributed by atoms with Crippen LogP contribution in [0.3, 0.4) is 0 Å². The summed E-state index contributed by atoms with van der Waals surface area (Å²) in [5, 5.41) is 0. The molecule has 0 unspecified atom stereocenters. The molecule has 0 N–H and O–H groups in total. The van der Waals surface area contributed by atoms with Crippen LogP contribution in [0, 0.1) is 12.8 Å². The number of carbonyl (C=O) groups is 1. The molecule has 2 aromatic carbocycles. The van der Waals surface area contributed by atoms with Crippen molar-refractivity contribution in [2.75, 3.05) is 18.0 Å². The molecule has 0 spiro atoms. The molecule has 1 saturated heterocycles. The highest BCUT2D eigenvalue weighted by atomic mass is 16.5. The Bertz CT molecular complexity index is 688. The quantitative estimate of drug-likeness (QED) is 0.771. The summed E-state index contributed by atoms with van der Waals surface area (Å²) >= 11 is 0. The monoisotopic (exact) mass is 323 g/mol. The average Bonchev–Trinajstić information content (AvgIpc) is 2.61. The molecule has 0 radical (unpaired) electrons. The lowest BCUT2D eigenvalue weighted by Gasteiger charge is -2.33. The normalized spacial score (nSPS) is 15.3. The number of hydrogen-bond donors (Lipinski definition) is 0. The van der Waals surface area contributed by atoms with Gasteiger partial charge in [0.15, 0.2) is 0 Å². The molecular formula is C21H25NO2. The fraction of sp³-hybridized carbons (Fsp3) is 0.381. The summed E-state index contributed by atoms with van der Waals surface area (Å²) in [4.78, 5) is 14.9. The number of carbonyl (C=O) groups excluding carboxylic acids is 1. The highest BCUT2D eigenvalue weighted by molar-refractivity contribution is 5.96. The van der Waals surface area contributed by atoms with Crippen molar-refractivity contribution in [1.82, 2.24) is 0 Å². The summed E-state index contributed by atoms with van der Waals surface area (Å²) in [7, 11) is 0. The molecular weight excluding hydrogens is 298 g/mol. The van der Waals surface area contributed by atoms with E-state index in [2.05, 4.69) is 24.8 Å². The van der Waals surface area contributed by atoms with E-state index in [1.54, 1.807) is 0 Å². The summed E-state index contributed by atoms with van der Waals surface area (Å²) in [6.07, 6.45) is 2.35. The van der Waals surface area contributed by atoms with Crippen LogP contribution in [-0.2, 0) is 11.3 Å². The first-order chi connectivity index (χ1) is 11.6. The van der Waals surface area contributed by atoms with Crippen LogP contribution in [0.2, 0.25) is 0 Å². The van der Waals surface area contributed by atoms with Crippen molar-refractivity contribution in [2.24, 2.45) is 5.92 Å². The maximum Gasteiger partial charge on any atom is 0.340 e. The molecule has 3 heteroatoms. The van der Waals surface area contributed by atoms with Crippen LogP contribution >= 0.6 is 0 Å². The van der Waals surface area contributed by atoms with Gasteiger partial charge in [0, 0.05) is 13.1 Å². The third-order valence-corrected chi connectivity index (χ3v) is 4.71. The molecule has 0 aromatic heterocycles. The van der Waals surface area contributed by atoms with E-state index >= 15 is 0 Å². The number of piperidine rings is 1. The van der Waals surface area contributed by atoms with Gasteiger partial charge in [-0.1, -0.05) is 43.3 Å². The van der Waals surface area contributed by atoms with Crippen LogP contribution in [0.4, 0.5) is 5.69 Å². The number of esters is 1. The lowest BCUT2D eigenvalue weighted by Crippen LogP contribution is -2.34. The maximum atomic E-state index is 12.6. The minimum absolute atomic E-state index is 0.243.